The number of hydrogen-bond acceptors (Lipinski definition) is 4. The van der Waals surface area contributed by atoms with Gasteiger partial charge >= 0.3 is 0 Å². The van der Waals surface area contributed by atoms with Crippen molar-refractivity contribution < 1.29 is 0 Å². The van der Waals surface area contributed by atoms with E-state index in [4.69, 9.17) is 5.26 Å². The first kappa shape index (κ1) is 13.0. The number of anilines is 1. The summed E-state index contributed by atoms with van der Waals surface area (Å²) in [5.41, 5.74) is 2.08. The molecule has 2 rings (SSSR count). The third-order valence-electron chi connectivity index (χ3n) is 2.81. The van der Waals surface area contributed by atoms with Crippen LogP contribution in [-0.4, -0.2) is 16.5 Å². The number of hydrogen-bond donors (Lipinski definition) is 1. The standard InChI is InChI=1S/C14H17N3S/c1-10-9-11(2)18-14(16-10)17-13-5-3-12(4-6-13)7-8-15/h3-6,10-11H,7,9H2,1-2H3,(H,16,17). The van der Waals surface area contributed by atoms with Gasteiger partial charge in [0.25, 0.3) is 0 Å². The highest BCUT2D eigenvalue weighted by molar-refractivity contribution is 8.14. The third-order valence-corrected chi connectivity index (χ3v) is 3.84. The van der Waals surface area contributed by atoms with Crippen LogP contribution in [0.4, 0.5) is 5.69 Å². The number of nitrogens with zero attached hydrogens (tertiary/aromatic N) is 2. The number of nitriles is 1. The van der Waals surface area contributed by atoms with Gasteiger partial charge in [-0.1, -0.05) is 30.8 Å². The average Bonchev–Trinajstić information content (AvgIpc) is 2.31. The molecule has 0 fully saturated rings. The van der Waals surface area contributed by atoms with Gasteiger partial charge in [-0.25, -0.2) is 0 Å². The zero-order valence-electron chi connectivity index (χ0n) is 10.7. The molecule has 0 bridgehead atoms. The highest BCUT2D eigenvalue weighted by atomic mass is 32.2. The molecule has 2 atom stereocenters. The molecule has 1 aromatic rings. The Morgan fingerprint density at radius 3 is 2.72 bits per heavy atom. The second kappa shape index (κ2) is 5.92. The lowest BCUT2D eigenvalue weighted by atomic mass is 10.1. The van der Waals surface area contributed by atoms with E-state index in [2.05, 4.69) is 30.2 Å². The van der Waals surface area contributed by atoms with Gasteiger partial charge < -0.3 is 5.32 Å². The predicted molar refractivity (Wildman–Crippen MR) is 77.9 cm³/mol. The van der Waals surface area contributed by atoms with Crippen LogP contribution in [0.3, 0.4) is 0 Å². The van der Waals surface area contributed by atoms with Crippen molar-refractivity contribution in [2.24, 2.45) is 4.99 Å². The Morgan fingerprint density at radius 2 is 2.11 bits per heavy atom. The van der Waals surface area contributed by atoms with Crippen molar-refractivity contribution in [1.29, 1.82) is 5.26 Å². The summed E-state index contributed by atoms with van der Waals surface area (Å²) >= 11 is 1.79. The maximum absolute atomic E-state index is 8.62. The zero-order valence-corrected chi connectivity index (χ0v) is 11.5. The quantitative estimate of drug-likeness (QED) is 0.885. The van der Waals surface area contributed by atoms with Gasteiger partial charge in [-0.3, -0.25) is 4.99 Å². The van der Waals surface area contributed by atoms with Crippen LogP contribution in [-0.2, 0) is 6.42 Å². The Hall–Kier alpha value is -1.47. The highest BCUT2D eigenvalue weighted by Crippen LogP contribution is 2.26. The van der Waals surface area contributed by atoms with E-state index in [0.29, 0.717) is 17.7 Å². The molecule has 4 heteroatoms. The molecule has 0 aromatic heterocycles. The first-order chi connectivity index (χ1) is 8.67. The van der Waals surface area contributed by atoms with Crippen LogP contribution in [0, 0.1) is 11.3 Å². The molecule has 0 saturated carbocycles. The Labute approximate surface area is 112 Å². The molecular weight excluding hydrogens is 242 g/mol. The molecular formula is C14H17N3S. The second-order valence-corrected chi connectivity index (χ2v) is 6.03. The summed E-state index contributed by atoms with van der Waals surface area (Å²) in [6, 6.07) is 10.5. The Balaban J connectivity index is 2.03. The molecule has 2 unspecified atom stereocenters. The van der Waals surface area contributed by atoms with Gasteiger partial charge in [0.2, 0.25) is 0 Å². The first-order valence-corrected chi connectivity index (χ1v) is 7.02. The average molecular weight is 259 g/mol. The first-order valence-electron chi connectivity index (χ1n) is 6.14. The summed E-state index contributed by atoms with van der Waals surface area (Å²) in [5, 5.41) is 13.6. The summed E-state index contributed by atoms with van der Waals surface area (Å²) in [5.74, 6) is 0. The number of nitrogens with one attached hydrogen (secondary N) is 1. The van der Waals surface area contributed by atoms with Gasteiger partial charge in [0, 0.05) is 10.9 Å². The van der Waals surface area contributed by atoms with Crippen LogP contribution in [0.2, 0.25) is 0 Å². The lowest BCUT2D eigenvalue weighted by Gasteiger charge is -2.23. The minimum atomic E-state index is 0.390. The molecule has 94 valence electrons. The van der Waals surface area contributed by atoms with Gasteiger partial charge in [-0.15, -0.1) is 0 Å². The number of aliphatic imine (C=N–C) groups is 1. The molecule has 1 aliphatic rings. The topological polar surface area (TPSA) is 48.2 Å². The molecule has 0 amide bonds. The number of rotatable bonds is 2. The Morgan fingerprint density at radius 1 is 1.39 bits per heavy atom. The van der Waals surface area contributed by atoms with Crippen molar-refractivity contribution >= 4 is 22.6 Å². The van der Waals surface area contributed by atoms with Crippen LogP contribution in [0.25, 0.3) is 0 Å². The second-order valence-electron chi connectivity index (χ2n) is 4.60. The van der Waals surface area contributed by atoms with E-state index in [1.54, 1.807) is 11.8 Å². The Bertz CT molecular complexity index is 473. The molecule has 3 nitrogen and oxygen atoms in total. The largest absolute Gasteiger partial charge is 0.335 e. The van der Waals surface area contributed by atoms with Crippen molar-refractivity contribution in [2.75, 3.05) is 5.32 Å². The molecule has 1 N–H and O–H groups in total. The van der Waals surface area contributed by atoms with Gasteiger partial charge in [0.05, 0.1) is 18.5 Å². The summed E-state index contributed by atoms with van der Waals surface area (Å²) in [6.45, 7) is 4.38. The molecule has 18 heavy (non-hydrogen) atoms. The minimum absolute atomic E-state index is 0.390. The normalized spacial score (nSPS) is 23.1. The van der Waals surface area contributed by atoms with Crippen molar-refractivity contribution in [1.82, 2.24) is 0 Å². The van der Waals surface area contributed by atoms with Crippen molar-refractivity contribution in [3.05, 3.63) is 29.8 Å². The van der Waals surface area contributed by atoms with Crippen LogP contribution in [0.5, 0.6) is 0 Å². The van der Waals surface area contributed by atoms with Crippen LogP contribution in [0.15, 0.2) is 29.3 Å². The summed E-state index contributed by atoms with van der Waals surface area (Å²) < 4.78 is 0. The SMILES string of the molecule is CC1CC(C)SC(Nc2ccc(CC#N)cc2)=N1. The summed E-state index contributed by atoms with van der Waals surface area (Å²) in [4.78, 5) is 4.60. The predicted octanol–water partition coefficient (Wildman–Crippen LogP) is 3.43. The fraction of sp³-hybridized carbons (Fsp3) is 0.429. The van der Waals surface area contributed by atoms with E-state index in [0.717, 1.165) is 22.8 Å². The van der Waals surface area contributed by atoms with E-state index in [1.165, 1.54) is 0 Å². The number of benzene rings is 1. The van der Waals surface area contributed by atoms with Gasteiger partial charge in [-0.2, -0.15) is 5.26 Å². The molecule has 0 saturated heterocycles. The molecule has 1 heterocycles. The van der Waals surface area contributed by atoms with Crippen molar-refractivity contribution in [3.63, 3.8) is 0 Å². The lowest BCUT2D eigenvalue weighted by molar-refractivity contribution is 0.661. The van der Waals surface area contributed by atoms with Crippen LogP contribution in [0.1, 0.15) is 25.8 Å². The molecule has 1 aromatic carbocycles. The van der Waals surface area contributed by atoms with E-state index in [9.17, 15) is 0 Å². The number of thioether (sulfide) groups is 1. The van der Waals surface area contributed by atoms with Crippen molar-refractivity contribution in [3.8, 4) is 6.07 Å². The van der Waals surface area contributed by atoms with E-state index < -0.39 is 0 Å². The Kier molecular flexibility index (Phi) is 4.27. The van der Waals surface area contributed by atoms with E-state index in [1.807, 2.05) is 24.3 Å². The van der Waals surface area contributed by atoms with E-state index >= 15 is 0 Å². The third kappa shape index (κ3) is 3.51. The van der Waals surface area contributed by atoms with E-state index in [-0.39, 0.29) is 0 Å². The van der Waals surface area contributed by atoms with Gasteiger partial charge in [0.1, 0.15) is 0 Å². The fourth-order valence-electron chi connectivity index (χ4n) is 1.98. The number of amidine groups is 1. The van der Waals surface area contributed by atoms with Gasteiger partial charge in [0.15, 0.2) is 5.17 Å². The smallest absolute Gasteiger partial charge is 0.161 e. The minimum Gasteiger partial charge on any atom is -0.335 e. The van der Waals surface area contributed by atoms with Crippen molar-refractivity contribution in [2.45, 2.75) is 38.0 Å². The summed E-state index contributed by atoms with van der Waals surface area (Å²) in [7, 11) is 0. The van der Waals surface area contributed by atoms with Crippen LogP contribution >= 0.6 is 11.8 Å². The highest BCUT2D eigenvalue weighted by Gasteiger charge is 2.18. The zero-order chi connectivity index (χ0) is 13.0. The maximum Gasteiger partial charge on any atom is 0.161 e. The molecule has 0 spiro atoms. The molecule has 0 radical (unpaired) electrons. The summed E-state index contributed by atoms with van der Waals surface area (Å²) in [6.07, 6.45) is 1.60. The van der Waals surface area contributed by atoms with Crippen LogP contribution < -0.4 is 5.32 Å². The monoisotopic (exact) mass is 259 g/mol. The molecule has 1 aliphatic heterocycles. The fourth-order valence-corrected chi connectivity index (χ4v) is 3.16. The lowest BCUT2D eigenvalue weighted by Crippen LogP contribution is -2.22. The molecule has 0 aliphatic carbocycles. The van der Waals surface area contributed by atoms with Gasteiger partial charge in [-0.05, 0) is 31.0 Å². The maximum atomic E-state index is 8.62.